The first-order valence-electron chi connectivity index (χ1n) is 8.19. The summed E-state index contributed by atoms with van der Waals surface area (Å²) in [6.45, 7) is 3.34. The van der Waals surface area contributed by atoms with Crippen LogP contribution < -0.4 is 0 Å². The van der Waals surface area contributed by atoms with Gasteiger partial charge in [-0.25, -0.2) is 14.4 Å². The van der Waals surface area contributed by atoms with Gasteiger partial charge in [0.2, 0.25) is 0 Å². The van der Waals surface area contributed by atoms with Crippen LogP contribution in [0.3, 0.4) is 0 Å². The lowest BCUT2D eigenvalue weighted by Gasteiger charge is -2.13. The maximum absolute atomic E-state index is 12.3. The SMILES string of the molecule is CCCCOC(=O)c1cccc(CCCC)c1C(=O)OC(=O)CO. The highest BCUT2D eigenvalue weighted by Crippen LogP contribution is 2.20. The molecule has 0 saturated heterocycles. The molecular formula is C18H24O6. The zero-order chi connectivity index (χ0) is 17.9. The zero-order valence-electron chi connectivity index (χ0n) is 14.2. The van der Waals surface area contributed by atoms with E-state index in [9.17, 15) is 14.4 Å². The minimum absolute atomic E-state index is 0.0363. The van der Waals surface area contributed by atoms with Gasteiger partial charge in [0, 0.05) is 0 Å². The first-order chi connectivity index (χ1) is 11.5. The predicted octanol–water partition coefficient (Wildman–Crippen LogP) is 2.66. The summed E-state index contributed by atoms with van der Waals surface area (Å²) in [5, 5.41) is 8.74. The van der Waals surface area contributed by atoms with Crippen molar-refractivity contribution in [3.63, 3.8) is 0 Å². The molecule has 0 fully saturated rings. The van der Waals surface area contributed by atoms with E-state index in [1.165, 1.54) is 6.07 Å². The Morgan fingerprint density at radius 3 is 2.38 bits per heavy atom. The Morgan fingerprint density at radius 2 is 1.75 bits per heavy atom. The molecule has 0 amide bonds. The topological polar surface area (TPSA) is 89.9 Å². The Bertz CT molecular complexity index is 579. The maximum atomic E-state index is 12.3. The molecule has 0 aliphatic carbocycles. The fraction of sp³-hybridized carbons (Fsp3) is 0.500. The molecule has 0 heterocycles. The third-order valence-corrected chi connectivity index (χ3v) is 3.44. The minimum Gasteiger partial charge on any atom is -0.462 e. The Labute approximate surface area is 141 Å². The molecule has 1 aromatic carbocycles. The number of carbonyl (C=O) groups excluding carboxylic acids is 3. The van der Waals surface area contributed by atoms with E-state index in [0.717, 1.165) is 25.7 Å². The number of aliphatic hydroxyl groups excluding tert-OH is 1. The summed E-state index contributed by atoms with van der Waals surface area (Å²) in [6, 6.07) is 4.87. The predicted molar refractivity (Wildman–Crippen MR) is 87.8 cm³/mol. The minimum atomic E-state index is -1.06. The van der Waals surface area contributed by atoms with E-state index in [-0.39, 0.29) is 17.7 Å². The number of rotatable bonds is 9. The fourth-order valence-electron chi connectivity index (χ4n) is 2.16. The van der Waals surface area contributed by atoms with Crippen LogP contribution in [-0.4, -0.2) is 36.2 Å². The van der Waals surface area contributed by atoms with Gasteiger partial charge in [-0.2, -0.15) is 0 Å². The normalized spacial score (nSPS) is 10.3. The first-order valence-corrected chi connectivity index (χ1v) is 8.19. The summed E-state index contributed by atoms with van der Waals surface area (Å²) in [4.78, 5) is 35.8. The third-order valence-electron chi connectivity index (χ3n) is 3.44. The maximum Gasteiger partial charge on any atom is 0.347 e. The van der Waals surface area contributed by atoms with Crippen molar-refractivity contribution in [3.8, 4) is 0 Å². The summed E-state index contributed by atoms with van der Waals surface area (Å²) < 4.78 is 9.76. The third kappa shape index (κ3) is 5.77. The van der Waals surface area contributed by atoms with E-state index in [4.69, 9.17) is 9.84 Å². The van der Waals surface area contributed by atoms with Crippen LogP contribution in [0, 0.1) is 0 Å². The lowest BCUT2D eigenvalue weighted by Crippen LogP contribution is -2.21. The largest absolute Gasteiger partial charge is 0.462 e. The van der Waals surface area contributed by atoms with Crippen LogP contribution in [-0.2, 0) is 20.7 Å². The quantitative estimate of drug-likeness (QED) is 0.423. The van der Waals surface area contributed by atoms with Crippen molar-refractivity contribution in [3.05, 3.63) is 34.9 Å². The van der Waals surface area contributed by atoms with Gasteiger partial charge in [0.05, 0.1) is 17.7 Å². The second-order valence-corrected chi connectivity index (χ2v) is 5.35. The van der Waals surface area contributed by atoms with E-state index in [0.29, 0.717) is 12.0 Å². The first kappa shape index (κ1) is 19.8. The van der Waals surface area contributed by atoms with Crippen LogP contribution in [0.5, 0.6) is 0 Å². The Balaban J connectivity index is 3.14. The highest BCUT2D eigenvalue weighted by atomic mass is 16.6. The number of ether oxygens (including phenoxy) is 2. The molecule has 0 atom stereocenters. The molecule has 0 spiro atoms. The number of hydrogen-bond donors (Lipinski definition) is 1. The molecule has 0 aliphatic rings. The number of esters is 3. The molecule has 1 N–H and O–H groups in total. The van der Waals surface area contributed by atoms with Gasteiger partial charge in [0.15, 0.2) is 0 Å². The lowest BCUT2D eigenvalue weighted by atomic mass is 9.97. The number of aryl methyl sites for hydroxylation is 1. The van der Waals surface area contributed by atoms with Crippen LogP contribution >= 0.6 is 0 Å². The van der Waals surface area contributed by atoms with Crippen LogP contribution in [0.15, 0.2) is 18.2 Å². The molecular weight excluding hydrogens is 312 g/mol. The van der Waals surface area contributed by atoms with Crippen molar-refractivity contribution in [2.24, 2.45) is 0 Å². The van der Waals surface area contributed by atoms with Gasteiger partial charge in [-0.1, -0.05) is 38.8 Å². The summed E-state index contributed by atoms with van der Waals surface area (Å²) in [5.41, 5.74) is 0.738. The monoisotopic (exact) mass is 336 g/mol. The van der Waals surface area contributed by atoms with E-state index in [2.05, 4.69) is 4.74 Å². The van der Waals surface area contributed by atoms with Gasteiger partial charge in [-0.15, -0.1) is 0 Å². The molecule has 24 heavy (non-hydrogen) atoms. The second kappa shape index (κ2) is 10.5. The molecule has 0 aromatic heterocycles. The molecule has 0 bridgehead atoms. The van der Waals surface area contributed by atoms with E-state index in [1.807, 2.05) is 13.8 Å². The van der Waals surface area contributed by atoms with Gasteiger partial charge in [0.25, 0.3) is 0 Å². The molecule has 0 aliphatic heterocycles. The second-order valence-electron chi connectivity index (χ2n) is 5.35. The van der Waals surface area contributed by atoms with Gasteiger partial charge in [0.1, 0.15) is 6.61 Å². The highest BCUT2D eigenvalue weighted by molar-refractivity contribution is 6.07. The molecule has 0 saturated carbocycles. The van der Waals surface area contributed by atoms with Gasteiger partial charge in [-0.3, -0.25) is 0 Å². The van der Waals surface area contributed by atoms with Crippen LogP contribution in [0.2, 0.25) is 0 Å². The van der Waals surface area contributed by atoms with E-state index < -0.39 is 24.5 Å². The van der Waals surface area contributed by atoms with Crippen LogP contribution in [0.25, 0.3) is 0 Å². The molecule has 132 valence electrons. The Kier molecular flexibility index (Phi) is 8.71. The standard InChI is InChI=1S/C18H24O6/c1-3-5-8-13-9-7-10-14(17(21)23-11-6-4-2)16(13)18(22)24-15(20)12-19/h7,9-10,19H,3-6,8,11-12H2,1-2H3. The number of unbranched alkanes of at least 4 members (excludes halogenated alkanes) is 2. The van der Waals surface area contributed by atoms with Crippen LogP contribution in [0.1, 0.15) is 65.8 Å². The number of aliphatic hydroxyl groups is 1. The van der Waals surface area contributed by atoms with Crippen molar-refractivity contribution in [1.82, 2.24) is 0 Å². The Morgan fingerprint density at radius 1 is 1.04 bits per heavy atom. The number of benzene rings is 1. The summed E-state index contributed by atoms with van der Waals surface area (Å²) >= 11 is 0. The molecule has 1 rings (SSSR count). The van der Waals surface area contributed by atoms with Crippen molar-refractivity contribution in [1.29, 1.82) is 0 Å². The molecule has 1 aromatic rings. The van der Waals surface area contributed by atoms with Crippen LogP contribution in [0.4, 0.5) is 0 Å². The fourth-order valence-corrected chi connectivity index (χ4v) is 2.16. The number of carbonyl (C=O) groups is 3. The van der Waals surface area contributed by atoms with E-state index in [1.54, 1.807) is 12.1 Å². The summed E-state index contributed by atoms with van der Waals surface area (Å²) in [6.07, 6.45) is 3.91. The van der Waals surface area contributed by atoms with Crippen molar-refractivity contribution < 1.29 is 29.0 Å². The van der Waals surface area contributed by atoms with Gasteiger partial charge < -0.3 is 14.6 Å². The molecule has 0 radical (unpaired) electrons. The van der Waals surface area contributed by atoms with E-state index >= 15 is 0 Å². The lowest BCUT2D eigenvalue weighted by molar-refractivity contribution is -0.141. The average Bonchev–Trinajstić information content (AvgIpc) is 2.59. The summed E-state index contributed by atoms with van der Waals surface area (Å²) in [7, 11) is 0. The van der Waals surface area contributed by atoms with Crippen molar-refractivity contribution in [2.75, 3.05) is 13.2 Å². The average molecular weight is 336 g/mol. The molecule has 0 unspecified atom stereocenters. The smallest absolute Gasteiger partial charge is 0.347 e. The zero-order valence-corrected chi connectivity index (χ0v) is 14.2. The van der Waals surface area contributed by atoms with Gasteiger partial charge >= 0.3 is 17.9 Å². The molecule has 6 heteroatoms. The Hall–Kier alpha value is -2.21. The van der Waals surface area contributed by atoms with Crippen molar-refractivity contribution in [2.45, 2.75) is 46.0 Å². The highest BCUT2D eigenvalue weighted by Gasteiger charge is 2.24. The number of hydrogen-bond acceptors (Lipinski definition) is 6. The summed E-state index contributed by atoms with van der Waals surface area (Å²) in [5.74, 6) is -2.62. The van der Waals surface area contributed by atoms with Gasteiger partial charge in [-0.05, 0) is 30.9 Å². The molecule has 6 nitrogen and oxygen atoms in total. The van der Waals surface area contributed by atoms with Crippen molar-refractivity contribution >= 4 is 17.9 Å².